The Hall–Kier alpha value is -2.40. The largest absolute Gasteiger partial charge is 0.454 e. The molecule has 0 atom stereocenters. The van der Waals surface area contributed by atoms with E-state index in [4.69, 9.17) is 10.5 Å². The summed E-state index contributed by atoms with van der Waals surface area (Å²) in [7, 11) is 0. The van der Waals surface area contributed by atoms with E-state index in [0.717, 1.165) is 5.56 Å². The van der Waals surface area contributed by atoms with Crippen molar-refractivity contribution in [3.63, 3.8) is 0 Å². The van der Waals surface area contributed by atoms with E-state index in [1.54, 1.807) is 41.8 Å². The van der Waals surface area contributed by atoms with Crippen LogP contribution in [0.15, 0.2) is 47.9 Å². The third-order valence-corrected chi connectivity index (χ3v) is 3.37. The fourth-order valence-electron chi connectivity index (χ4n) is 1.52. The molecule has 0 saturated heterocycles. The number of carbonyl (C=O) groups excluding carboxylic acids is 2. The molecule has 1 aromatic carbocycles. The van der Waals surface area contributed by atoms with Gasteiger partial charge in [-0.2, -0.15) is 0 Å². The van der Waals surface area contributed by atoms with Crippen molar-refractivity contribution >= 4 is 34.9 Å². The van der Waals surface area contributed by atoms with Crippen LogP contribution >= 0.6 is 11.3 Å². The van der Waals surface area contributed by atoms with Crippen LogP contribution in [0.2, 0.25) is 0 Å². The molecule has 0 radical (unpaired) electrons. The molecule has 2 aromatic rings. The van der Waals surface area contributed by atoms with Gasteiger partial charge in [0.2, 0.25) is 5.78 Å². The van der Waals surface area contributed by atoms with Crippen LogP contribution in [-0.4, -0.2) is 18.4 Å². The van der Waals surface area contributed by atoms with Crippen molar-refractivity contribution < 1.29 is 14.3 Å². The van der Waals surface area contributed by atoms with E-state index in [0.29, 0.717) is 10.6 Å². The molecule has 102 valence electrons. The summed E-state index contributed by atoms with van der Waals surface area (Å²) in [5.74, 6) is -0.761. The Morgan fingerprint density at radius 1 is 1.25 bits per heavy atom. The maximum absolute atomic E-state index is 11.6. The monoisotopic (exact) mass is 287 g/mol. The molecule has 4 nitrogen and oxygen atoms in total. The summed E-state index contributed by atoms with van der Waals surface area (Å²) in [5, 5.41) is 1.80. The van der Waals surface area contributed by atoms with Crippen molar-refractivity contribution in [3.8, 4) is 0 Å². The Kier molecular flexibility index (Phi) is 4.68. The van der Waals surface area contributed by atoms with E-state index in [1.807, 2.05) is 6.07 Å². The van der Waals surface area contributed by atoms with Crippen LogP contribution in [0.25, 0.3) is 6.08 Å². The second kappa shape index (κ2) is 6.68. The van der Waals surface area contributed by atoms with Crippen molar-refractivity contribution in [1.29, 1.82) is 0 Å². The molecule has 0 aliphatic carbocycles. The summed E-state index contributed by atoms with van der Waals surface area (Å²) in [5.41, 5.74) is 7.04. The molecular formula is C15H13NO3S. The topological polar surface area (TPSA) is 69.4 Å². The third-order valence-electron chi connectivity index (χ3n) is 2.46. The van der Waals surface area contributed by atoms with Gasteiger partial charge in [-0.05, 0) is 35.2 Å². The number of Topliss-reactive ketones (excluding diaryl/α,β-unsaturated/α-hetero) is 1. The highest BCUT2D eigenvalue weighted by atomic mass is 32.1. The van der Waals surface area contributed by atoms with Gasteiger partial charge in [0.25, 0.3) is 0 Å². The van der Waals surface area contributed by atoms with Crippen molar-refractivity contribution in [1.82, 2.24) is 0 Å². The van der Waals surface area contributed by atoms with Gasteiger partial charge in [0.1, 0.15) is 0 Å². The fourth-order valence-corrected chi connectivity index (χ4v) is 2.17. The number of ether oxygens (including phenoxy) is 1. The lowest BCUT2D eigenvalue weighted by atomic mass is 10.2. The summed E-state index contributed by atoms with van der Waals surface area (Å²) < 4.78 is 4.88. The zero-order chi connectivity index (χ0) is 14.4. The highest BCUT2D eigenvalue weighted by Gasteiger charge is 2.08. The number of nitrogen functional groups attached to an aromatic ring is 1. The number of esters is 1. The number of anilines is 1. The summed E-state index contributed by atoms with van der Waals surface area (Å²) in [4.78, 5) is 23.7. The molecule has 20 heavy (non-hydrogen) atoms. The van der Waals surface area contributed by atoms with Gasteiger partial charge < -0.3 is 10.5 Å². The SMILES string of the molecule is Nc1cccc(/C=C/C(=O)OCC(=O)c2cccs2)c1. The van der Waals surface area contributed by atoms with E-state index in [2.05, 4.69) is 0 Å². The second-order valence-corrected chi connectivity index (χ2v) is 4.96. The first-order valence-corrected chi connectivity index (χ1v) is 6.80. The second-order valence-electron chi connectivity index (χ2n) is 4.01. The first-order valence-electron chi connectivity index (χ1n) is 5.92. The van der Waals surface area contributed by atoms with Crippen molar-refractivity contribution in [2.75, 3.05) is 12.3 Å². The van der Waals surface area contributed by atoms with Crippen LogP contribution in [0.4, 0.5) is 5.69 Å². The maximum atomic E-state index is 11.6. The first-order chi connectivity index (χ1) is 9.65. The van der Waals surface area contributed by atoms with Crippen LogP contribution < -0.4 is 5.73 Å². The highest BCUT2D eigenvalue weighted by Crippen LogP contribution is 2.10. The molecule has 5 heteroatoms. The lowest BCUT2D eigenvalue weighted by Gasteiger charge is -1.99. The summed E-state index contributed by atoms with van der Waals surface area (Å²) in [6, 6.07) is 10.6. The quantitative estimate of drug-likeness (QED) is 0.397. The molecule has 2 N–H and O–H groups in total. The number of rotatable bonds is 5. The summed E-state index contributed by atoms with van der Waals surface area (Å²) >= 11 is 1.32. The molecular weight excluding hydrogens is 274 g/mol. The van der Waals surface area contributed by atoms with Gasteiger partial charge >= 0.3 is 5.97 Å². The molecule has 0 bridgehead atoms. The van der Waals surface area contributed by atoms with Crippen LogP contribution in [0, 0.1) is 0 Å². The van der Waals surface area contributed by atoms with Gasteiger partial charge in [-0.15, -0.1) is 11.3 Å². The van der Waals surface area contributed by atoms with Gasteiger partial charge in [0, 0.05) is 11.8 Å². The minimum absolute atomic E-state index is 0.203. The number of hydrogen-bond acceptors (Lipinski definition) is 5. The van der Waals surface area contributed by atoms with Crippen molar-refractivity contribution in [2.24, 2.45) is 0 Å². The molecule has 2 rings (SSSR count). The number of benzene rings is 1. The van der Waals surface area contributed by atoms with Crippen molar-refractivity contribution in [3.05, 3.63) is 58.3 Å². The van der Waals surface area contributed by atoms with Gasteiger partial charge in [0.15, 0.2) is 6.61 Å². The number of carbonyl (C=O) groups is 2. The molecule has 0 unspecified atom stereocenters. The normalized spacial score (nSPS) is 10.6. The van der Waals surface area contributed by atoms with Crippen LogP contribution in [0.3, 0.4) is 0 Å². The predicted octanol–water partition coefficient (Wildman–Crippen LogP) is 2.77. The zero-order valence-electron chi connectivity index (χ0n) is 10.6. The Morgan fingerprint density at radius 3 is 2.80 bits per heavy atom. The molecule has 1 aromatic heterocycles. The van der Waals surface area contributed by atoms with E-state index < -0.39 is 5.97 Å². The summed E-state index contributed by atoms with van der Waals surface area (Å²) in [6.45, 7) is -0.249. The Morgan fingerprint density at radius 2 is 2.10 bits per heavy atom. The Bertz CT molecular complexity index is 632. The van der Waals surface area contributed by atoms with Gasteiger partial charge in [-0.3, -0.25) is 4.79 Å². The average molecular weight is 287 g/mol. The highest BCUT2D eigenvalue weighted by molar-refractivity contribution is 7.12. The Labute approximate surface area is 120 Å². The standard InChI is InChI=1S/C15H13NO3S/c16-12-4-1-3-11(9-12)6-7-15(18)19-10-13(17)14-5-2-8-20-14/h1-9H,10,16H2/b7-6+. The smallest absolute Gasteiger partial charge is 0.331 e. The average Bonchev–Trinajstić information content (AvgIpc) is 2.97. The maximum Gasteiger partial charge on any atom is 0.331 e. The predicted molar refractivity (Wildman–Crippen MR) is 79.5 cm³/mol. The molecule has 0 saturated carbocycles. The van der Waals surface area contributed by atoms with E-state index in [1.165, 1.54) is 17.4 Å². The zero-order valence-corrected chi connectivity index (χ0v) is 11.4. The third kappa shape index (κ3) is 4.07. The van der Waals surface area contributed by atoms with E-state index in [9.17, 15) is 9.59 Å². The van der Waals surface area contributed by atoms with Gasteiger partial charge in [0.05, 0.1) is 4.88 Å². The molecule has 0 amide bonds. The fraction of sp³-hybridized carbons (Fsp3) is 0.0667. The van der Waals surface area contributed by atoms with E-state index in [-0.39, 0.29) is 12.4 Å². The van der Waals surface area contributed by atoms with Crippen LogP contribution in [-0.2, 0) is 9.53 Å². The van der Waals surface area contributed by atoms with Crippen LogP contribution in [0.1, 0.15) is 15.2 Å². The van der Waals surface area contributed by atoms with Gasteiger partial charge in [-0.1, -0.05) is 18.2 Å². The Balaban J connectivity index is 1.85. The van der Waals surface area contributed by atoms with E-state index >= 15 is 0 Å². The van der Waals surface area contributed by atoms with Gasteiger partial charge in [-0.25, -0.2) is 4.79 Å². The number of hydrogen-bond donors (Lipinski definition) is 1. The molecule has 0 aliphatic heterocycles. The lowest BCUT2D eigenvalue weighted by Crippen LogP contribution is -2.11. The van der Waals surface area contributed by atoms with Crippen molar-refractivity contribution in [2.45, 2.75) is 0 Å². The molecule has 0 aliphatic rings. The minimum atomic E-state index is -0.558. The lowest BCUT2D eigenvalue weighted by molar-refractivity contribution is -0.136. The first kappa shape index (κ1) is 14.0. The van der Waals surface area contributed by atoms with Crippen LogP contribution in [0.5, 0.6) is 0 Å². The molecule has 0 spiro atoms. The number of thiophene rings is 1. The molecule has 0 fully saturated rings. The molecule has 1 heterocycles. The number of ketones is 1. The summed E-state index contributed by atoms with van der Waals surface area (Å²) in [6.07, 6.45) is 2.87. The number of nitrogens with two attached hydrogens (primary N) is 1. The minimum Gasteiger partial charge on any atom is -0.454 e.